The maximum atomic E-state index is 10.3. The molecule has 1 aromatic rings. The van der Waals surface area contributed by atoms with E-state index in [-0.39, 0.29) is 0 Å². The Morgan fingerprint density at radius 2 is 2.05 bits per heavy atom. The molecular formula is C16H28N2O2. The second-order valence-electron chi connectivity index (χ2n) is 6.24. The van der Waals surface area contributed by atoms with Crippen molar-refractivity contribution in [2.75, 3.05) is 13.7 Å². The quantitative estimate of drug-likeness (QED) is 0.806. The van der Waals surface area contributed by atoms with Crippen LogP contribution in [-0.2, 0) is 6.54 Å². The minimum absolute atomic E-state index is 0.478. The Morgan fingerprint density at radius 3 is 2.60 bits per heavy atom. The van der Waals surface area contributed by atoms with Crippen molar-refractivity contribution in [1.82, 2.24) is 10.3 Å². The van der Waals surface area contributed by atoms with E-state index < -0.39 is 5.60 Å². The van der Waals surface area contributed by atoms with E-state index in [1.807, 2.05) is 27.0 Å². The van der Waals surface area contributed by atoms with Crippen LogP contribution in [0.3, 0.4) is 0 Å². The fourth-order valence-corrected chi connectivity index (χ4v) is 2.65. The van der Waals surface area contributed by atoms with Crippen molar-refractivity contribution in [1.29, 1.82) is 0 Å². The van der Waals surface area contributed by atoms with Crippen molar-refractivity contribution in [3.05, 3.63) is 23.0 Å². The first-order valence-electron chi connectivity index (χ1n) is 7.19. The maximum Gasteiger partial charge on any atom is 0.128 e. The maximum absolute atomic E-state index is 10.3. The number of nitrogens with zero attached hydrogens (tertiary/aromatic N) is 1. The minimum Gasteiger partial charge on any atom is -0.496 e. The predicted octanol–water partition coefficient (Wildman–Crippen LogP) is 2.59. The molecule has 0 radical (unpaired) electrons. The molecule has 4 heteroatoms. The van der Waals surface area contributed by atoms with Crippen LogP contribution in [0.1, 0.15) is 44.0 Å². The fourth-order valence-electron chi connectivity index (χ4n) is 2.65. The van der Waals surface area contributed by atoms with Crippen LogP contribution >= 0.6 is 0 Å². The number of aliphatic hydroxyl groups is 1. The van der Waals surface area contributed by atoms with Gasteiger partial charge in [-0.3, -0.25) is 4.98 Å². The second kappa shape index (κ2) is 7.04. The van der Waals surface area contributed by atoms with E-state index in [1.54, 1.807) is 7.11 Å². The first kappa shape index (κ1) is 16.9. The largest absolute Gasteiger partial charge is 0.496 e. The number of aromatic nitrogens is 1. The highest BCUT2D eigenvalue weighted by Gasteiger charge is 2.21. The van der Waals surface area contributed by atoms with Gasteiger partial charge in [0.1, 0.15) is 5.75 Å². The number of ether oxygens (including phenoxy) is 1. The molecule has 2 N–H and O–H groups in total. The van der Waals surface area contributed by atoms with Crippen molar-refractivity contribution in [3.8, 4) is 5.75 Å². The molecule has 20 heavy (non-hydrogen) atoms. The summed E-state index contributed by atoms with van der Waals surface area (Å²) in [5, 5.41) is 13.6. The molecule has 0 fully saturated rings. The number of methoxy groups -OCH3 is 1. The minimum atomic E-state index is -0.684. The Hall–Kier alpha value is -1.13. The summed E-state index contributed by atoms with van der Waals surface area (Å²) in [6, 6.07) is 0. The van der Waals surface area contributed by atoms with Crippen LogP contribution in [0.15, 0.2) is 6.20 Å². The normalized spacial score (nSPS) is 14.4. The monoisotopic (exact) mass is 280 g/mol. The van der Waals surface area contributed by atoms with Gasteiger partial charge in [-0.2, -0.15) is 0 Å². The summed E-state index contributed by atoms with van der Waals surface area (Å²) in [6.07, 6.45) is 2.61. The predicted molar refractivity (Wildman–Crippen MR) is 82.0 cm³/mol. The Kier molecular flexibility index (Phi) is 5.96. The van der Waals surface area contributed by atoms with Gasteiger partial charge in [-0.25, -0.2) is 0 Å². The van der Waals surface area contributed by atoms with E-state index in [9.17, 15) is 5.11 Å². The first-order valence-corrected chi connectivity index (χ1v) is 7.19. The van der Waals surface area contributed by atoms with Crippen LogP contribution in [-0.4, -0.2) is 29.3 Å². The summed E-state index contributed by atoms with van der Waals surface area (Å²) in [7, 11) is 1.68. The lowest BCUT2D eigenvalue weighted by molar-refractivity contribution is 0.0382. The van der Waals surface area contributed by atoms with E-state index in [0.29, 0.717) is 19.0 Å². The fraction of sp³-hybridized carbons (Fsp3) is 0.688. The highest BCUT2D eigenvalue weighted by molar-refractivity contribution is 5.40. The van der Waals surface area contributed by atoms with Gasteiger partial charge in [0.25, 0.3) is 0 Å². The highest BCUT2D eigenvalue weighted by Crippen LogP contribution is 2.24. The average molecular weight is 280 g/mol. The van der Waals surface area contributed by atoms with Gasteiger partial charge < -0.3 is 15.2 Å². The van der Waals surface area contributed by atoms with Gasteiger partial charge in [0.2, 0.25) is 0 Å². The molecule has 0 saturated heterocycles. The molecule has 0 bridgehead atoms. The zero-order valence-electron chi connectivity index (χ0n) is 13.6. The van der Waals surface area contributed by atoms with Gasteiger partial charge in [0.15, 0.2) is 0 Å². The van der Waals surface area contributed by atoms with Gasteiger partial charge in [-0.05, 0) is 33.1 Å². The smallest absolute Gasteiger partial charge is 0.128 e. The molecule has 1 atom stereocenters. The Balaban J connectivity index is 2.63. The third-order valence-corrected chi connectivity index (χ3v) is 3.40. The Labute approximate surface area is 122 Å². The number of hydrogen-bond acceptors (Lipinski definition) is 4. The molecule has 1 aromatic heterocycles. The average Bonchev–Trinajstić information content (AvgIpc) is 2.31. The van der Waals surface area contributed by atoms with Gasteiger partial charge in [-0.1, -0.05) is 13.8 Å². The lowest BCUT2D eigenvalue weighted by atomic mass is 9.94. The number of rotatable bonds is 7. The third-order valence-electron chi connectivity index (χ3n) is 3.40. The molecule has 0 aromatic carbocycles. The van der Waals surface area contributed by atoms with Crippen molar-refractivity contribution in [2.45, 2.75) is 53.2 Å². The van der Waals surface area contributed by atoms with Crippen molar-refractivity contribution >= 4 is 0 Å². The van der Waals surface area contributed by atoms with Crippen LogP contribution in [0, 0.1) is 19.8 Å². The molecule has 0 aliphatic carbocycles. The molecule has 1 rings (SSSR count). The zero-order chi connectivity index (χ0) is 15.3. The number of nitrogens with one attached hydrogen (secondary N) is 1. The molecule has 0 saturated carbocycles. The van der Waals surface area contributed by atoms with Crippen molar-refractivity contribution in [3.63, 3.8) is 0 Å². The molecule has 0 spiro atoms. The third kappa shape index (κ3) is 4.76. The zero-order valence-corrected chi connectivity index (χ0v) is 13.6. The van der Waals surface area contributed by atoms with Gasteiger partial charge >= 0.3 is 0 Å². The molecule has 0 amide bonds. The van der Waals surface area contributed by atoms with Crippen LogP contribution in [0.5, 0.6) is 5.75 Å². The topological polar surface area (TPSA) is 54.4 Å². The summed E-state index contributed by atoms with van der Waals surface area (Å²) in [5.41, 5.74) is 2.38. The lowest BCUT2D eigenvalue weighted by Crippen LogP contribution is -2.38. The number of aryl methyl sites for hydroxylation is 1. The number of pyridine rings is 1. The van der Waals surface area contributed by atoms with Gasteiger partial charge in [0.05, 0.1) is 18.4 Å². The van der Waals surface area contributed by atoms with E-state index in [4.69, 9.17) is 4.74 Å². The summed E-state index contributed by atoms with van der Waals surface area (Å²) >= 11 is 0. The number of hydrogen-bond donors (Lipinski definition) is 2. The highest BCUT2D eigenvalue weighted by atomic mass is 16.5. The van der Waals surface area contributed by atoms with Crippen LogP contribution in [0.2, 0.25) is 0 Å². The van der Waals surface area contributed by atoms with Crippen LogP contribution in [0.4, 0.5) is 0 Å². The summed E-state index contributed by atoms with van der Waals surface area (Å²) in [5.74, 6) is 1.37. The molecule has 4 nitrogen and oxygen atoms in total. The van der Waals surface area contributed by atoms with Crippen LogP contribution < -0.4 is 10.1 Å². The Bertz CT molecular complexity index is 442. The van der Waals surface area contributed by atoms with E-state index in [1.165, 1.54) is 0 Å². The van der Waals surface area contributed by atoms with Crippen molar-refractivity contribution in [2.24, 2.45) is 5.92 Å². The first-order chi connectivity index (χ1) is 9.26. The van der Waals surface area contributed by atoms with E-state index in [2.05, 4.69) is 24.1 Å². The standard InChI is InChI=1S/C16H28N2O2/c1-11(2)7-16(5,19)10-17-9-14-13(4)15(20-6)12(3)8-18-14/h8,11,17,19H,7,9-10H2,1-6H3. The summed E-state index contributed by atoms with van der Waals surface area (Å²) < 4.78 is 5.40. The van der Waals surface area contributed by atoms with E-state index >= 15 is 0 Å². The summed E-state index contributed by atoms with van der Waals surface area (Å²) in [4.78, 5) is 4.44. The van der Waals surface area contributed by atoms with Gasteiger partial charge in [0, 0.05) is 30.4 Å². The lowest BCUT2D eigenvalue weighted by Gasteiger charge is -2.25. The van der Waals surface area contributed by atoms with Gasteiger partial charge in [-0.15, -0.1) is 0 Å². The summed E-state index contributed by atoms with van der Waals surface area (Å²) in [6.45, 7) is 11.3. The molecule has 1 unspecified atom stereocenters. The van der Waals surface area contributed by atoms with Crippen molar-refractivity contribution < 1.29 is 9.84 Å². The Morgan fingerprint density at radius 1 is 1.40 bits per heavy atom. The molecule has 0 aliphatic heterocycles. The second-order valence-corrected chi connectivity index (χ2v) is 6.24. The molecule has 0 aliphatic rings. The molecular weight excluding hydrogens is 252 g/mol. The van der Waals surface area contributed by atoms with Crippen LogP contribution in [0.25, 0.3) is 0 Å². The molecule has 1 heterocycles. The SMILES string of the molecule is COc1c(C)cnc(CNCC(C)(O)CC(C)C)c1C. The van der Waals surface area contributed by atoms with E-state index in [0.717, 1.165) is 29.0 Å². The molecule has 114 valence electrons.